The summed E-state index contributed by atoms with van der Waals surface area (Å²) in [4.78, 5) is 32.2. The molecule has 0 unspecified atom stereocenters. The van der Waals surface area contributed by atoms with Gasteiger partial charge < -0.3 is 19.5 Å². The fraction of sp³-hybridized carbons (Fsp3) is 0.500. The number of nitrogens with zero attached hydrogens (tertiary/aromatic N) is 6. The third kappa shape index (κ3) is 7.79. The van der Waals surface area contributed by atoms with Crippen molar-refractivity contribution >= 4 is 35.1 Å². The van der Waals surface area contributed by atoms with Crippen LogP contribution in [0, 0.1) is 5.92 Å². The number of ether oxygens (including phenoxy) is 2. The number of pyridine rings is 1. The first-order valence-electron chi connectivity index (χ1n) is 15.2. The molecule has 5 heterocycles. The number of carbonyl (C=O) groups is 1. The second-order valence-electron chi connectivity index (χ2n) is 12.1. The van der Waals surface area contributed by atoms with Gasteiger partial charge in [-0.25, -0.2) is 15.0 Å². The number of piperidine rings is 2. The Bertz CT molecular complexity index is 1420. The van der Waals surface area contributed by atoms with Gasteiger partial charge in [-0.15, -0.1) is 0 Å². The van der Waals surface area contributed by atoms with E-state index in [1.165, 1.54) is 0 Å². The van der Waals surface area contributed by atoms with Crippen LogP contribution in [0.15, 0.2) is 42.7 Å². The number of aromatic nitrogens is 3. The zero-order valence-electron chi connectivity index (χ0n) is 24.9. The standard InChI is InChI=1S/C32H38Cl2N6O4/c1-38(27-19-43-20-27)26-4-8-40(9-5-26)32-35-16-28(17-36-32)44-30-11-22(18-39-6-2-21(3-7-39)12-31(41)42)10-29(37-30)23-13-24(33)15-25(34)14-23/h10-11,13-17,21,26-27H,2-9,12,18-20H2,1H3,(H,41,42). The van der Waals surface area contributed by atoms with Crippen molar-refractivity contribution in [3.8, 4) is 22.9 Å². The molecule has 0 radical (unpaired) electrons. The molecular formula is C32H38Cl2N6O4. The predicted octanol–water partition coefficient (Wildman–Crippen LogP) is 5.62. The number of aliphatic carboxylic acids is 1. The number of likely N-dealkylation sites (tertiary alicyclic amines) is 1. The third-order valence-corrected chi connectivity index (χ3v) is 9.39. The highest BCUT2D eigenvalue weighted by Crippen LogP contribution is 2.31. The van der Waals surface area contributed by atoms with Gasteiger partial charge in [-0.2, -0.15) is 0 Å². The molecule has 3 aliphatic heterocycles. The summed E-state index contributed by atoms with van der Waals surface area (Å²) < 4.78 is 11.6. The third-order valence-electron chi connectivity index (χ3n) is 8.95. The Hall–Kier alpha value is -3.02. The lowest BCUT2D eigenvalue weighted by Crippen LogP contribution is -2.54. The van der Waals surface area contributed by atoms with E-state index >= 15 is 0 Å². The number of hydrogen-bond donors (Lipinski definition) is 1. The average molecular weight is 642 g/mol. The van der Waals surface area contributed by atoms with Crippen LogP contribution < -0.4 is 9.64 Å². The molecule has 2 aromatic heterocycles. The molecule has 1 N–H and O–H groups in total. The highest BCUT2D eigenvalue weighted by Gasteiger charge is 2.31. The van der Waals surface area contributed by atoms with E-state index in [0.29, 0.717) is 51.9 Å². The van der Waals surface area contributed by atoms with Crippen molar-refractivity contribution in [3.63, 3.8) is 0 Å². The van der Waals surface area contributed by atoms with Gasteiger partial charge in [0.15, 0.2) is 5.75 Å². The molecule has 44 heavy (non-hydrogen) atoms. The van der Waals surface area contributed by atoms with Crippen molar-refractivity contribution in [1.82, 2.24) is 24.8 Å². The van der Waals surface area contributed by atoms with Gasteiger partial charge in [-0.05, 0) is 81.6 Å². The van der Waals surface area contributed by atoms with Crippen LogP contribution in [-0.2, 0) is 16.1 Å². The van der Waals surface area contributed by atoms with E-state index in [-0.39, 0.29) is 12.3 Å². The summed E-state index contributed by atoms with van der Waals surface area (Å²) in [5.74, 6) is 1.13. The second kappa shape index (κ2) is 14.0. The summed E-state index contributed by atoms with van der Waals surface area (Å²) >= 11 is 12.6. The zero-order valence-corrected chi connectivity index (χ0v) is 26.4. The monoisotopic (exact) mass is 640 g/mol. The second-order valence-corrected chi connectivity index (χ2v) is 12.9. The lowest BCUT2D eigenvalue weighted by atomic mass is 9.93. The van der Waals surface area contributed by atoms with Crippen molar-refractivity contribution in [1.29, 1.82) is 0 Å². The number of carboxylic acids is 1. The minimum Gasteiger partial charge on any atom is -0.481 e. The molecule has 0 atom stereocenters. The summed E-state index contributed by atoms with van der Waals surface area (Å²) in [5.41, 5.74) is 2.51. The first-order chi connectivity index (χ1) is 21.3. The number of rotatable bonds is 10. The molecule has 10 nitrogen and oxygen atoms in total. The van der Waals surface area contributed by atoms with Crippen LogP contribution in [0.5, 0.6) is 11.6 Å². The van der Waals surface area contributed by atoms with E-state index in [9.17, 15) is 4.79 Å². The van der Waals surface area contributed by atoms with Gasteiger partial charge in [-0.1, -0.05) is 23.2 Å². The maximum absolute atomic E-state index is 11.1. The normalized spacial score (nSPS) is 18.9. The van der Waals surface area contributed by atoms with Crippen molar-refractivity contribution in [2.75, 3.05) is 51.3 Å². The van der Waals surface area contributed by atoms with Crippen molar-refractivity contribution in [2.24, 2.45) is 5.92 Å². The highest BCUT2D eigenvalue weighted by atomic mass is 35.5. The quantitative estimate of drug-likeness (QED) is 0.300. The summed E-state index contributed by atoms with van der Waals surface area (Å²) in [6.45, 7) is 5.85. The first-order valence-corrected chi connectivity index (χ1v) is 16.0. The van der Waals surface area contributed by atoms with E-state index in [2.05, 4.69) is 31.7 Å². The number of likely N-dealkylation sites (N-methyl/N-ethyl adjacent to an activating group) is 1. The van der Waals surface area contributed by atoms with E-state index in [0.717, 1.165) is 76.2 Å². The Kier molecular flexibility index (Phi) is 9.83. The van der Waals surface area contributed by atoms with Crippen molar-refractivity contribution < 1.29 is 19.4 Å². The Labute approximate surface area is 267 Å². The molecule has 0 aliphatic carbocycles. The largest absolute Gasteiger partial charge is 0.481 e. The molecule has 0 saturated carbocycles. The van der Waals surface area contributed by atoms with Gasteiger partial charge >= 0.3 is 5.97 Å². The molecule has 3 fully saturated rings. The molecule has 12 heteroatoms. The molecule has 6 rings (SSSR count). The maximum atomic E-state index is 11.1. The van der Waals surface area contributed by atoms with Crippen LogP contribution >= 0.6 is 23.2 Å². The molecule has 3 aromatic rings. The lowest BCUT2D eigenvalue weighted by molar-refractivity contribution is -0.138. The Morgan fingerprint density at radius 3 is 2.27 bits per heavy atom. The van der Waals surface area contributed by atoms with E-state index in [1.54, 1.807) is 18.5 Å². The molecule has 0 bridgehead atoms. The molecule has 3 saturated heterocycles. The van der Waals surface area contributed by atoms with Crippen molar-refractivity contribution in [3.05, 3.63) is 58.3 Å². The van der Waals surface area contributed by atoms with Crippen LogP contribution in [0.4, 0.5) is 5.95 Å². The fourth-order valence-corrected chi connectivity index (χ4v) is 6.81. The van der Waals surface area contributed by atoms with E-state index in [4.69, 9.17) is 42.8 Å². The van der Waals surface area contributed by atoms with Crippen LogP contribution in [0.25, 0.3) is 11.3 Å². The average Bonchev–Trinajstić information content (AvgIpc) is 2.97. The van der Waals surface area contributed by atoms with Crippen LogP contribution in [0.3, 0.4) is 0 Å². The topological polar surface area (TPSA) is 104 Å². The lowest BCUT2D eigenvalue weighted by Gasteiger charge is -2.43. The fourth-order valence-electron chi connectivity index (χ4n) is 6.28. The van der Waals surface area contributed by atoms with Crippen molar-refractivity contribution in [2.45, 2.75) is 50.7 Å². The molecule has 0 amide bonds. The first kappa shape index (κ1) is 31.0. The van der Waals surface area contributed by atoms with E-state index < -0.39 is 5.97 Å². The van der Waals surface area contributed by atoms with Gasteiger partial charge in [0.25, 0.3) is 0 Å². The minimum absolute atomic E-state index is 0.224. The van der Waals surface area contributed by atoms with Gasteiger partial charge in [0.05, 0.1) is 37.3 Å². The molecule has 3 aliphatic rings. The van der Waals surface area contributed by atoms with Crippen LogP contribution in [0.1, 0.15) is 37.7 Å². The molecule has 1 aromatic carbocycles. The Morgan fingerprint density at radius 1 is 0.977 bits per heavy atom. The summed E-state index contributed by atoms with van der Waals surface area (Å²) in [6, 6.07) is 10.4. The number of carboxylic acid groups (broad SMARTS) is 1. The SMILES string of the molecule is CN(C1CCN(c2ncc(Oc3cc(CN4CCC(CC(=O)O)CC4)cc(-c4cc(Cl)cc(Cl)c4)n3)cn2)CC1)C1COC1. The smallest absolute Gasteiger partial charge is 0.303 e. The van der Waals surface area contributed by atoms with E-state index in [1.807, 2.05) is 24.3 Å². The predicted molar refractivity (Wildman–Crippen MR) is 170 cm³/mol. The number of halogens is 2. The minimum atomic E-state index is -0.728. The van der Waals surface area contributed by atoms with Crippen LogP contribution in [-0.4, -0.2) is 94.4 Å². The van der Waals surface area contributed by atoms with Crippen LogP contribution in [0.2, 0.25) is 10.0 Å². The molecular weight excluding hydrogens is 603 g/mol. The maximum Gasteiger partial charge on any atom is 0.303 e. The molecule has 234 valence electrons. The van der Waals surface area contributed by atoms with Gasteiger partial charge in [0.2, 0.25) is 11.8 Å². The number of anilines is 1. The zero-order chi connectivity index (χ0) is 30.6. The van der Waals surface area contributed by atoms with Gasteiger partial charge in [0, 0.05) is 53.8 Å². The van der Waals surface area contributed by atoms with Gasteiger partial charge in [0.1, 0.15) is 0 Å². The Balaban J connectivity index is 1.14. The summed E-state index contributed by atoms with van der Waals surface area (Å²) in [6.07, 6.45) is 7.49. The van der Waals surface area contributed by atoms with Gasteiger partial charge in [-0.3, -0.25) is 14.6 Å². The molecule has 0 spiro atoms. The number of hydrogen-bond acceptors (Lipinski definition) is 9. The highest BCUT2D eigenvalue weighted by molar-refractivity contribution is 6.35. The summed E-state index contributed by atoms with van der Waals surface area (Å²) in [7, 11) is 2.20. The Morgan fingerprint density at radius 2 is 1.66 bits per heavy atom. The number of benzene rings is 1. The summed E-state index contributed by atoms with van der Waals surface area (Å²) in [5, 5.41) is 10.2.